The van der Waals surface area contributed by atoms with E-state index in [1.807, 2.05) is 24.3 Å². The van der Waals surface area contributed by atoms with Crippen LogP contribution in [0.5, 0.6) is 0 Å². The lowest BCUT2D eigenvalue weighted by atomic mass is 10.1. The molecule has 0 radical (unpaired) electrons. The number of aryl methyl sites for hydroxylation is 1. The van der Waals surface area contributed by atoms with Gasteiger partial charge in [0.05, 0.1) is 5.52 Å². The van der Waals surface area contributed by atoms with Gasteiger partial charge in [0.25, 0.3) is 0 Å². The number of hydrogen-bond donors (Lipinski definition) is 1. The van der Waals surface area contributed by atoms with Gasteiger partial charge in [-0.25, -0.2) is 0 Å². The molecule has 1 aromatic carbocycles. The highest BCUT2D eigenvalue weighted by atomic mass is 79.9. The molecule has 2 rings (SSSR count). The number of nitrogens with zero attached hydrogens (tertiary/aromatic N) is 1. The normalized spacial score (nSPS) is 10.6. The average molecular weight is 280 g/mol. The lowest BCUT2D eigenvalue weighted by molar-refractivity contribution is -0.136. The standard InChI is InChI=1S/C12H10BrNO2/c13-10-6-9-5-8(2-4-12(15)16)1-3-11(9)14-7-10/h1,3,5-7H,2,4H2,(H,15,16). The zero-order valence-corrected chi connectivity index (χ0v) is 10.1. The first-order valence-electron chi connectivity index (χ1n) is 4.91. The fourth-order valence-corrected chi connectivity index (χ4v) is 1.91. The molecule has 0 amide bonds. The quantitative estimate of drug-likeness (QED) is 0.940. The van der Waals surface area contributed by atoms with E-state index in [4.69, 9.17) is 5.11 Å². The van der Waals surface area contributed by atoms with Crippen molar-refractivity contribution in [3.05, 3.63) is 40.5 Å². The van der Waals surface area contributed by atoms with E-state index in [0.29, 0.717) is 6.42 Å². The van der Waals surface area contributed by atoms with Gasteiger partial charge in [0.1, 0.15) is 0 Å². The van der Waals surface area contributed by atoms with E-state index in [1.54, 1.807) is 6.20 Å². The molecular weight excluding hydrogens is 270 g/mol. The second-order valence-electron chi connectivity index (χ2n) is 3.57. The zero-order valence-electron chi connectivity index (χ0n) is 8.48. The summed E-state index contributed by atoms with van der Waals surface area (Å²) in [5.74, 6) is -0.771. The number of benzene rings is 1. The third kappa shape index (κ3) is 2.58. The zero-order chi connectivity index (χ0) is 11.5. The molecule has 2 aromatic rings. The number of pyridine rings is 1. The minimum Gasteiger partial charge on any atom is -0.481 e. The van der Waals surface area contributed by atoms with Gasteiger partial charge in [-0.2, -0.15) is 0 Å². The number of rotatable bonds is 3. The van der Waals surface area contributed by atoms with Gasteiger partial charge in [0.2, 0.25) is 0 Å². The van der Waals surface area contributed by atoms with Crippen LogP contribution < -0.4 is 0 Å². The van der Waals surface area contributed by atoms with Gasteiger partial charge < -0.3 is 5.11 Å². The molecule has 0 bridgehead atoms. The number of carboxylic acids is 1. The fraction of sp³-hybridized carbons (Fsp3) is 0.167. The molecule has 82 valence electrons. The largest absolute Gasteiger partial charge is 0.481 e. The Bertz CT molecular complexity index is 540. The summed E-state index contributed by atoms with van der Waals surface area (Å²) in [6, 6.07) is 7.80. The number of fused-ring (bicyclic) bond motifs is 1. The van der Waals surface area contributed by atoms with E-state index in [-0.39, 0.29) is 6.42 Å². The van der Waals surface area contributed by atoms with E-state index in [9.17, 15) is 4.79 Å². The molecule has 0 unspecified atom stereocenters. The molecule has 0 aliphatic carbocycles. The van der Waals surface area contributed by atoms with Crippen molar-refractivity contribution in [2.75, 3.05) is 0 Å². The molecule has 16 heavy (non-hydrogen) atoms. The monoisotopic (exact) mass is 279 g/mol. The molecule has 4 heteroatoms. The maximum atomic E-state index is 10.5. The van der Waals surface area contributed by atoms with Crippen LogP contribution in [-0.4, -0.2) is 16.1 Å². The maximum Gasteiger partial charge on any atom is 0.303 e. The van der Waals surface area contributed by atoms with Crippen LogP contribution in [0, 0.1) is 0 Å². The molecule has 1 N–H and O–H groups in total. The van der Waals surface area contributed by atoms with E-state index >= 15 is 0 Å². The Morgan fingerprint density at radius 3 is 2.94 bits per heavy atom. The number of hydrogen-bond acceptors (Lipinski definition) is 2. The van der Waals surface area contributed by atoms with Crippen molar-refractivity contribution in [2.45, 2.75) is 12.8 Å². The molecule has 3 nitrogen and oxygen atoms in total. The lowest BCUT2D eigenvalue weighted by Gasteiger charge is -2.02. The summed E-state index contributed by atoms with van der Waals surface area (Å²) < 4.78 is 0.926. The minimum atomic E-state index is -0.771. The Balaban J connectivity index is 2.31. The van der Waals surface area contributed by atoms with Gasteiger partial charge in [0, 0.05) is 22.5 Å². The van der Waals surface area contributed by atoms with Gasteiger partial charge in [-0.1, -0.05) is 6.07 Å². The summed E-state index contributed by atoms with van der Waals surface area (Å²) >= 11 is 3.36. The van der Waals surface area contributed by atoms with Crippen molar-refractivity contribution in [1.82, 2.24) is 4.98 Å². The van der Waals surface area contributed by atoms with Gasteiger partial charge in [-0.05, 0) is 46.1 Å². The predicted octanol–water partition coefficient (Wildman–Crippen LogP) is 3.01. The predicted molar refractivity (Wildman–Crippen MR) is 65.4 cm³/mol. The number of carbonyl (C=O) groups is 1. The van der Waals surface area contributed by atoms with Gasteiger partial charge in [-0.15, -0.1) is 0 Å². The van der Waals surface area contributed by atoms with E-state index in [1.165, 1.54) is 0 Å². The van der Waals surface area contributed by atoms with Crippen LogP contribution in [-0.2, 0) is 11.2 Å². The summed E-state index contributed by atoms with van der Waals surface area (Å²) in [7, 11) is 0. The summed E-state index contributed by atoms with van der Waals surface area (Å²) in [4.78, 5) is 14.7. The first-order valence-corrected chi connectivity index (χ1v) is 5.70. The molecule has 0 aliphatic heterocycles. The number of carboxylic acid groups (broad SMARTS) is 1. The first-order chi connectivity index (χ1) is 7.65. The Labute approximate surface area is 101 Å². The topological polar surface area (TPSA) is 50.2 Å². The van der Waals surface area contributed by atoms with Crippen molar-refractivity contribution >= 4 is 32.8 Å². The maximum absolute atomic E-state index is 10.5. The van der Waals surface area contributed by atoms with Gasteiger partial charge in [-0.3, -0.25) is 9.78 Å². The highest BCUT2D eigenvalue weighted by Crippen LogP contribution is 2.19. The highest BCUT2D eigenvalue weighted by molar-refractivity contribution is 9.10. The van der Waals surface area contributed by atoms with Crippen molar-refractivity contribution < 1.29 is 9.90 Å². The Kier molecular flexibility index (Phi) is 3.19. The van der Waals surface area contributed by atoms with Crippen LogP contribution >= 0.6 is 15.9 Å². The van der Waals surface area contributed by atoms with Crippen molar-refractivity contribution in [3.8, 4) is 0 Å². The third-order valence-corrected chi connectivity index (χ3v) is 2.77. The molecule has 1 aromatic heterocycles. The third-order valence-electron chi connectivity index (χ3n) is 2.34. The Hall–Kier alpha value is -1.42. The van der Waals surface area contributed by atoms with Crippen molar-refractivity contribution in [2.24, 2.45) is 0 Å². The SMILES string of the molecule is O=C(O)CCc1ccc2ncc(Br)cc2c1. The first kappa shape index (κ1) is 11.1. The average Bonchev–Trinajstić information content (AvgIpc) is 2.25. The minimum absolute atomic E-state index is 0.160. The number of aromatic nitrogens is 1. The number of halogens is 1. The molecular formula is C12H10BrNO2. The summed E-state index contributed by atoms with van der Waals surface area (Å²) in [5.41, 5.74) is 1.94. The van der Waals surface area contributed by atoms with Crippen LogP contribution in [0.1, 0.15) is 12.0 Å². The van der Waals surface area contributed by atoms with E-state index < -0.39 is 5.97 Å². The molecule has 0 saturated heterocycles. The fourth-order valence-electron chi connectivity index (χ4n) is 1.56. The van der Waals surface area contributed by atoms with Crippen LogP contribution in [0.2, 0.25) is 0 Å². The molecule has 0 aliphatic rings. The molecule has 0 atom stereocenters. The summed E-state index contributed by atoms with van der Waals surface area (Å²) in [6.07, 6.45) is 2.46. The summed E-state index contributed by atoms with van der Waals surface area (Å²) in [6.45, 7) is 0. The lowest BCUT2D eigenvalue weighted by Crippen LogP contribution is -1.97. The molecule has 0 spiro atoms. The highest BCUT2D eigenvalue weighted by Gasteiger charge is 2.01. The van der Waals surface area contributed by atoms with E-state index in [2.05, 4.69) is 20.9 Å². The molecule has 1 heterocycles. The van der Waals surface area contributed by atoms with Crippen molar-refractivity contribution in [3.63, 3.8) is 0 Å². The van der Waals surface area contributed by atoms with Crippen LogP contribution in [0.15, 0.2) is 34.9 Å². The van der Waals surface area contributed by atoms with Gasteiger partial charge in [0.15, 0.2) is 0 Å². The molecule has 0 saturated carbocycles. The summed E-state index contributed by atoms with van der Waals surface area (Å²) in [5, 5.41) is 9.64. The van der Waals surface area contributed by atoms with E-state index in [0.717, 1.165) is 20.9 Å². The molecule has 0 fully saturated rings. The van der Waals surface area contributed by atoms with Crippen LogP contribution in [0.4, 0.5) is 0 Å². The Morgan fingerprint density at radius 1 is 1.38 bits per heavy atom. The van der Waals surface area contributed by atoms with Gasteiger partial charge >= 0.3 is 5.97 Å². The number of aliphatic carboxylic acids is 1. The smallest absolute Gasteiger partial charge is 0.303 e. The second-order valence-corrected chi connectivity index (χ2v) is 4.49. The van der Waals surface area contributed by atoms with Crippen LogP contribution in [0.25, 0.3) is 10.9 Å². The van der Waals surface area contributed by atoms with Crippen LogP contribution in [0.3, 0.4) is 0 Å². The Morgan fingerprint density at radius 2 is 2.19 bits per heavy atom. The second kappa shape index (κ2) is 4.61. The van der Waals surface area contributed by atoms with Crippen molar-refractivity contribution in [1.29, 1.82) is 0 Å².